The number of hydrogen-bond donors (Lipinski definition) is 1. The van der Waals surface area contributed by atoms with Crippen LogP contribution < -0.4 is 10.5 Å². The van der Waals surface area contributed by atoms with Crippen LogP contribution in [0.15, 0.2) is 30.6 Å². The van der Waals surface area contributed by atoms with Crippen LogP contribution in [0.25, 0.3) is 0 Å². The molecule has 94 valence electrons. The van der Waals surface area contributed by atoms with E-state index in [1.54, 1.807) is 29.1 Å². The number of aromatic nitrogens is 2. The molecule has 0 aliphatic rings. The van der Waals surface area contributed by atoms with Gasteiger partial charge in [-0.05, 0) is 6.07 Å². The van der Waals surface area contributed by atoms with Gasteiger partial charge in [0.15, 0.2) is 5.82 Å². The van der Waals surface area contributed by atoms with Gasteiger partial charge in [0.1, 0.15) is 16.6 Å². The number of hydrogen-bond acceptors (Lipinski definition) is 3. The van der Waals surface area contributed by atoms with Crippen LogP contribution >= 0.6 is 12.2 Å². The number of halogens is 1. The molecule has 18 heavy (non-hydrogen) atoms. The summed E-state index contributed by atoms with van der Waals surface area (Å²) in [4.78, 5) is 4.21. The van der Waals surface area contributed by atoms with Gasteiger partial charge in [0.05, 0.1) is 13.7 Å². The summed E-state index contributed by atoms with van der Waals surface area (Å²) in [5.74, 6) is 0.619. The third-order valence-corrected chi connectivity index (χ3v) is 2.72. The second kappa shape index (κ2) is 5.14. The Morgan fingerprint density at radius 1 is 1.56 bits per heavy atom. The molecule has 0 aliphatic carbocycles. The number of imidazole rings is 1. The molecular weight excluding hydrogens is 253 g/mol. The van der Waals surface area contributed by atoms with Crippen LogP contribution in [0.5, 0.6) is 5.75 Å². The van der Waals surface area contributed by atoms with Crippen molar-refractivity contribution in [3.8, 4) is 5.75 Å². The number of rotatable bonds is 4. The van der Waals surface area contributed by atoms with Crippen LogP contribution in [-0.2, 0) is 6.54 Å². The maximum atomic E-state index is 13.8. The zero-order valence-corrected chi connectivity index (χ0v) is 10.6. The Labute approximate surface area is 109 Å². The fourth-order valence-electron chi connectivity index (χ4n) is 1.63. The highest BCUT2D eigenvalue weighted by Gasteiger charge is 2.09. The van der Waals surface area contributed by atoms with Gasteiger partial charge in [0, 0.05) is 24.0 Å². The van der Waals surface area contributed by atoms with Gasteiger partial charge in [-0.2, -0.15) is 0 Å². The van der Waals surface area contributed by atoms with Gasteiger partial charge in [-0.1, -0.05) is 18.3 Å². The molecule has 0 saturated carbocycles. The summed E-state index contributed by atoms with van der Waals surface area (Å²) >= 11 is 4.87. The van der Waals surface area contributed by atoms with Crippen LogP contribution in [0.4, 0.5) is 4.39 Å². The summed E-state index contributed by atoms with van der Waals surface area (Å²) in [6.07, 6.45) is 3.29. The molecule has 0 unspecified atom stereocenters. The van der Waals surface area contributed by atoms with Crippen molar-refractivity contribution in [2.24, 2.45) is 5.73 Å². The molecule has 0 fully saturated rings. The van der Waals surface area contributed by atoms with Crippen molar-refractivity contribution < 1.29 is 9.13 Å². The Bertz CT molecular complexity index is 582. The number of ether oxygens (including phenoxy) is 1. The molecule has 2 N–H and O–H groups in total. The molecule has 2 aromatic rings. The predicted molar refractivity (Wildman–Crippen MR) is 70.2 cm³/mol. The van der Waals surface area contributed by atoms with Crippen molar-refractivity contribution in [2.45, 2.75) is 6.54 Å². The lowest BCUT2D eigenvalue weighted by atomic mass is 10.2. The van der Waals surface area contributed by atoms with Crippen LogP contribution in [0.3, 0.4) is 0 Å². The monoisotopic (exact) mass is 265 g/mol. The predicted octanol–water partition coefficient (Wildman–Crippen LogP) is 1.71. The molecule has 0 aliphatic heterocycles. The molecule has 0 saturated heterocycles. The SMILES string of the molecule is COc1ccc(Cn2ccnc2C(N)=S)c(F)c1. The summed E-state index contributed by atoms with van der Waals surface area (Å²) in [6.45, 7) is 0.322. The van der Waals surface area contributed by atoms with Crippen molar-refractivity contribution >= 4 is 17.2 Å². The van der Waals surface area contributed by atoms with Crippen LogP contribution in [0, 0.1) is 5.82 Å². The van der Waals surface area contributed by atoms with Gasteiger partial charge in [0.2, 0.25) is 0 Å². The first-order chi connectivity index (χ1) is 8.61. The maximum absolute atomic E-state index is 13.8. The molecule has 1 aromatic heterocycles. The molecule has 1 aromatic carbocycles. The lowest BCUT2D eigenvalue weighted by Crippen LogP contribution is -2.17. The summed E-state index contributed by atoms with van der Waals surface area (Å²) < 4.78 is 20.4. The number of nitrogens with two attached hydrogens (primary N) is 1. The minimum Gasteiger partial charge on any atom is -0.497 e. The fraction of sp³-hybridized carbons (Fsp3) is 0.167. The van der Waals surface area contributed by atoms with E-state index in [-0.39, 0.29) is 10.8 Å². The molecule has 4 nitrogen and oxygen atoms in total. The van der Waals surface area contributed by atoms with E-state index < -0.39 is 0 Å². The lowest BCUT2D eigenvalue weighted by Gasteiger charge is -2.09. The summed E-state index contributed by atoms with van der Waals surface area (Å²) in [5, 5.41) is 0. The van der Waals surface area contributed by atoms with E-state index >= 15 is 0 Å². The first kappa shape index (κ1) is 12.5. The van der Waals surface area contributed by atoms with E-state index in [2.05, 4.69) is 4.98 Å². The smallest absolute Gasteiger partial charge is 0.167 e. The molecular formula is C12H12FN3OS. The van der Waals surface area contributed by atoms with Crippen LogP contribution in [0.1, 0.15) is 11.4 Å². The average Bonchev–Trinajstić information content (AvgIpc) is 2.80. The molecule has 0 radical (unpaired) electrons. The van der Waals surface area contributed by atoms with E-state index in [4.69, 9.17) is 22.7 Å². The molecule has 0 atom stereocenters. The number of nitrogens with zero attached hydrogens (tertiary/aromatic N) is 2. The topological polar surface area (TPSA) is 53.1 Å². The average molecular weight is 265 g/mol. The Morgan fingerprint density at radius 2 is 2.33 bits per heavy atom. The van der Waals surface area contributed by atoms with Crippen molar-refractivity contribution in [1.82, 2.24) is 9.55 Å². The van der Waals surface area contributed by atoms with Gasteiger partial charge in [0.25, 0.3) is 0 Å². The van der Waals surface area contributed by atoms with E-state index in [0.717, 1.165) is 0 Å². The Kier molecular flexibility index (Phi) is 3.57. The standard InChI is InChI=1S/C12H12FN3OS/c1-17-9-3-2-8(10(13)6-9)7-16-5-4-15-12(16)11(14)18/h2-6H,7H2,1H3,(H2,14,18). The van der Waals surface area contributed by atoms with Gasteiger partial charge in [-0.25, -0.2) is 9.37 Å². The third kappa shape index (κ3) is 2.48. The quantitative estimate of drug-likeness (QED) is 0.855. The second-order valence-electron chi connectivity index (χ2n) is 3.70. The van der Waals surface area contributed by atoms with Crippen molar-refractivity contribution in [1.29, 1.82) is 0 Å². The zero-order chi connectivity index (χ0) is 13.1. The number of methoxy groups -OCH3 is 1. The van der Waals surface area contributed by atoms with Crippen molar-refractivity contribution in [2.75, 3.05) is 7.11 Å². The van der Waals surface area contributed by atoms with E-state index in [1.807, 2.05) is 0 Å². The van der Waals surface area contributed by atoms with E-state index in [0.29, 0.717) is 23.7 Å². The van der Waals surface area contributed by atoms with Gasteiger partial charge in [-0.3, -0.25) is 0 Å². The molecule has 0 amide bonds. The zero-order valence-electron chi connectivity index (χ0n) is 9.76. The molecule has 6 heteroatoms. The van der Waals surface area contributed by atoms with Gasteiger partial charge >= 0.3 is 0 Å². The highest BCUT2D eigenvalue weighted by molar-refractivity contribution is 7.80. The Morgan fingerprint density at radius 3 is 2.94 bits per heavy atom. The van der Waals surface area contributed by atoms with E-state index in [9.17, 15) is 4.39 Å². The normalized spacial score (nSPS) is 10.3. The lowest BCUT2D eigenvalue weighted by molar-refractivity contribution is 0.410. The maximum Gasteiger partial charge on any atom is 0.167 e. The summed E-state index contributed by atoms with van der Waals surface area (Å²) in [5.41, 5.74) is 6.05. The third-order valence-electron chi connectivity index (χ3n) is 2.54. The van der Waals surface area contributed by atoms with Gasteiger partial charge in [-0.15, -0.1) is 0 Å². The Hall–Kier alpha value is -1.95. The first-order valence-electron chi connectivity index (χ1n) is 5.25. The fourth-order valence-corrected chi connectivity index (χ4v) is 1.80. The molecule has 2 rings (SSSR count). The summed E-state index contributed by atoms with van der Waals surface area (Å²) in [7, 11) is 1.50. The minimum atomic E-state index is -0.336. The minimum absolute atomic E-state index is 0.189. The van der Waals surface area contributed by atoms with E-state index in [1.165, 1.54) is 13.2 Å². The summed E-state index contributed by atoms with van der Waals surface area (Å²) in [6, 6.07) is 4.71. The highest BCUT2D eigenvalue weighted by Crippen LogP contribution is 2.17. The number of thiocarbonyl (C=S) groups is 1. The molecule has 0 spiro atoms. The highest BCUT2D eigenvalue weighted by atomic mass is 32.1. The first-order valence-corrected chi connectivity index (χ1v) is 5.66. The van der Waals surface area contributed by atoms with Crippen molar-refractivity contribution in [3.05, 3.63) is 47.8 Å². The van der Waals surface area contributed by atoms with Crippen LogP contribution in [0.2, 0.25) is 0 Å². The van der Waals surface area contributed by atoms with Crippen molar-refractivity contribution in [3.63, 3.8) is 0 Å². The largest absolute Gasteiger partial charge is 0.497 e. The molecule has 0 bridgehead atoms. The Balaban J connectivity index is 2.28. The van der Waals surface area contributed by atoms with Crippen LogP contribution in [-0.4, -0.2) is 21.6 Å². The second-order valence-corrected chi connectivity index (χ2v) is 4.14. The van der Waals surface area contributed by atoms with Gasteiger partial charge < -0.3 is 15.0 Å². The molecule has 1 heterocycles. The number of benzene rings is 1.